The van der Waals surface area contributed by atoms with Gasteiger partial charge in [-0.25, -0.2) is 9.36 Å². The summed E-state index contributed by atoms with van der Waals surface area (Å²) in [6.45, 7) is 6.51. The summed E-state index contributed by atoms with van der Waals surface area (Å²) in [6, 6.07) is 4.68. The van der Waals surface area contributed by atoms with Crippen molar-refractivity contribution in [1.82, 2.24) is 19.6 Å². The average Bonchev–Trinajstić information content (AvgIpc) is 2.94. The molecule has 0 aliphatic rings. The summed E-state index contributed by atoms with van der Waals surface area (Å²) >= 11 is 0. The molecule has 0 radical (unpaired) electrons. The Kier molecular flexibility index (Phi) is 5.08. The minimum Gasteiger partial charge on any atom is -0.305 e. The van der Waals surface area contributed by atoms with E-state index in [2.05, 4.69) is 15.5 Å². The van der Waals surface area contributed by atoms with Gasteiger partial charge in [-0.1, -0.05) is 13.3 Å². The van der Waals surface area contributed by atoms with Crippen LogP contribution in [0, 0.1) is 0 Å². The first-order valence-electron chi connectivity index (χ1n) is 7.46. The van der Waals surface area contributed by atoms with Crippen LogP contribution in [0.25, 0.3) is 0 Å². The van der Waals surface area contributed by atoms with Crippen LogP contribution in [0.3, 0.4) is 0 Å². The fraction of sp³-hybridized carbons (Fsp3) is 0.467. The number of nitrogens with zero attached hydrogens (tertiary/aromatic N) is 4. The zero-order valence-corrected chi connectivity index (χ0v) is 13.1. The highest BCUT2D eigenvalue weighted by Gasteiger charge is 2.13. The normalized spacial score (nSPS) is 10.9. The molecule has 0 fully saturated rings. The highest BCUT2D eigenvalue weighted by atomic mass is 16.2. The van der Waals surface area contributed by atoms with E-state index < -0.39 is 0 Å². The molecule has 2 rings (SSSR count). The van der Waals surface area contributed by atoms with E-state index in [1.165, 1.54) is 16.8 Å². The topological polar surface area (TPSA) is 81.8 Å². The summed E-state index contributed by atoms with van der Waals surface area (Å²) in [5.74, 6) is 0.251. The number of unbranched alkanes of at least 4 members (excludes halogenated alkanes) is 1. The Morgan fingerprint density at radius 3 is 2.77 bits per heavy atom. The van der Waals surface area contributed by atoms with Crippen molar-refractivity contribution in [2.75, 3.05) is 5.32 Å². The third kappa shape index (κ3) is 3.60. The lowest BCUT2D eigenvalue weighted by Gasteiger charge is -2.12. The summed E-state index contributed by atoms with van der Waals surface area (Å²) in [4.78, 5) is 24.0. The molecule has 0 saturated carbocycles. The molecule has 22 heavy (non-hydrogen) atoms. The molecule has 0 unspecified atom stereocenters. The minimum absolute atomic E-state index is 0.136. The molecule has 0 saturated heterocycles. The molecular weight excluding hydrogens is 282 g/mol. The predicted molar refractivity (Wildman–Crippen MR) is 84.0 cm³/mol. The number of aryl methyl sites for hydroxylation is 1. The Morgan fingerprint density at radius 2 is 2.09 bits per heavy atom. The van der Waals surface area contributed by atoms with Crippen molar-refractivity contribution in [2.45, 2.75) is 46.2 Å². The van der Waals surface area contributed by atoms with Crippen LogP contribution in [0.1, 0.15) is 50.1 Å². The molecular formula is C15H21N5O2. The highest BCUT2D eigenvalue weighted by Crippen LogP contribution is 2.13. The second-order valence-electron chi connectivity index (χ2n) is 5.34. The second kappa shape index (κ2) is 7.02. The van der Waals surface area contributed by atoms with Crippen LogP contribution in [0.15, 0.2) is 29.2 Å². The van der Waals surface area contributed by atoms with E-state index in [9.17, 15) is 9.59 Å². The quantitative estimate of drug-likeness (QED) is 0.885. The van der Waals surface area contributed by atoms with Crippen molar-refractivity contribution in [3.63, 3.8) is 0 Å². The van der Waals surface area contributed by atoms with Gasteiger partial charge >= 0.3 is 0 Å². The van der Waals surface area contributed by atoms with Crippen LogP contribution in [-0.2, 0) is 6.54 Å². The summed E-state index contributed by atoms with van der Waals surface area (Å²) in [5, 5.41) is 11.1. The number of carbonyl (C=O) groups excluding carboxylic acids is 1. The average molecular weight is 303 g/mol. The van der Waals surface area contributed by atoms with Crippen LogP contribution in [-0.4, -0.2) is 25.5 Å². The lowest BCUT2D eigenvalue weighted by atomic mass is 10.3. The lowest BCUT2D eigenvalue weighted by molar-refractivity contribution is 0.101. The number of carbonyl (C=O) groups is 1. The van der Waals surface area contributed by atoms with Crippen LogP contribution < -0.4 is 10.9 Å². The van der Waals surface area contributed by atoms with Gasteiger partial charge in [0.05, 0.1) is 6.20 Å². The number of rotatable bonds is 6. The fourth-order valence-corrected chi connectivity index (χ4v) is 2.04. The molecule has 1 N–H and O–H groups in total. The van der Waals surface area contributed by atoms with Gasteiger partial charge in [0.15, 0.2) is 0 Å². The van der Waals surface area contributed by atoms with Crippen molar-refractivity contribution >= 4 is 11.7 Å². The molecule has 2 aromatic heterocycles. The van der Waals surface area contributed by atoms with Gasteiger partial charge < -0.3 is 5.32 Å². The molecule has 0 aliphatic carbocycles. The number of hydrogen-bond acceptors (Lipinski definition) is 4. The SMILES string of the molecule is CCCCn1nc(C(=O)Nc2ccnn2C(C)C)ccc1=O. The number of anilines is 1. The van der Waals surface area contributed by atoms with E-state index in [0.29, 0.717) is 12.4 Å². The molecule has 1 amide bonds. The Labute approximate surface area is 129 Å². The number of aromatic nitrogens is 4. The maximum absolute atomic E-state index is 12.3. The van der Waals surface area contributed by atoms with Gasteiger partial charge in [-0.15, -0.1) is 0 Å². The monoisotopic (exact) mass is 303 g/mol. The van der Waals surface area contributed by atoms with E-state index in [1.54, 1.807) is 16.9 Å². The number of amides is 1. The van der Waals surface area contributed by atoms with Gasteiger partial charge in [-0.2, -0.15) is 10.2 Å². The molecule has 0 aromatic carbocycles. The molecule has 0 atom stereocenters. The summed E-state index contributed by atoms with van der Waals surface area (Å²) < 4.78 is 3.04. The number of hydrogen-bond donors (Lipinski definition) is 1. The van der Waals surface area contributed by atoms with E-state index in [4.69, 9.17) is 0 Å². The highest BCUT2D eigenvalue weighted by molar-refractivity contribution is 6.02. The Bertz CT molecular complexity index is 702. The van der Waals surface area contributed by atoms with Crippen LogP contribution in [0.2, 0.25) is 0 Å². The minimum atomic E-state index is -0.354. The van der Waals surface area contributed by atoms with Crippen LogP contribution in [0.5, 0.6) is 0 Å². The standard InChI is InChI=1S/C15H21N5O2/c1-4-5-10-19-14(21)7-6-12(18-19)15(22)17-13-8-9-16-20(13)11(2)3/h6-9,11H,4-5,10H2,1-3H3,(H,17,22). The van der Waals surface area contributed by atoms with Gasteiger partial charge in [-0.05, 0) is 26.3 Å². The van der Waals surface area contributed by atoms with Crippen molar-refractivity contribution < 1.29 is 4.79 Å². The third-order valence-corrected chi connectivity index (χ3v) is 3.22. The smallest absolute Gasteiger partial charge is 0.277 e. The number of nitrogens with one attached hydrogen (secondary N) is 1. The molecule has 7 nitrogen and oxygen atoms in total. The van der Waals surface area contributed by atoms with Crippen LogP contribution in [0.4, 0.5) is 5.82 Å². The third-order valence-electron chi connectivity index (χ3n) is 3.22. The Morgan fingerprint density at radius 1 is 1.32 bits per heavy atom. The second-order valence-corrected chi connectivity index (χ2v) is 5.34. The van der Waals surface area contributed by atoms with Gasteiger partial charge in [0, 0.05) is 24.7 Å². The zero-order chi connectivity index (χ0) is 16.1. The lowest BCUT2D eigenvalue weighted by Crippen LogP contribution is -2.26. The van der Waals surface area contributed by atoms with Gasteiger partial charge in [0.1, 0.15) is 11.5 Å². The molecule has 7 heteroatoms. The Balaban J connectivity index is 2.19. The summed E-state index contributed by atoms with van der Waals surface area (Å²) in [7, 11) is 0. The molecule has 0 bridgehead atoms. The largest absolute Gasteiger partial charge is 0.305 e. The summed E-state index contributed by atoms with van der Waals surface area (Å²) in [5.41, 5.74) is 0.0180. The van der Waals surface area contributed by atoms with Crippen molar-refractivity contribution in [3.8, 4) is 0 Å². The van der Waals surface area contributed by atoms with Crippen molar-refractivity contribution in [1.29, 1.82) is 0 Å². The molecule has 0 spiro atoms. The summed E-state index contributed by atoms with van der Waals surface area (Å²) in [6.07, 6.45) is 3.43. The first kappa shape index (κ1) is 15.9. The van der Waals surface area contributed by atoms with E-state index in [-0.39, 0.29) is 23.2 Å². The van der Waals surface area contributed by atoms with E-state index in [1.807, 2.05) is 20.8 Å². The van der Waals surface area contributed by atoms with Gasteiger partial charge in [0.25, 0.3) is 11.5 Å². The van der Waals surface area contributed by atoms with E-state index in [0.717, 1.165) is 12.8 Å². The molecule has 118 valence electrons. The van der Waals surface area contributed by atoms with E-state index >= 15 is 0 Å². The molecule has 2 aromatic rings. The van der Waals surface area contributed by atoms with Crippen LogP contribution >= 0.6 is 0 Å². The first-order valence-corrected chi connectivity index (χ1v) is 7.46. The maximum atomic E-state index is 12.3. The maximum Gasteiger partial charge on any atom is 0.277 e. The molecule has 0 aliphatic heterocycles. The Hall–Kier alpha value is -2.44. The molecule has 2 heterocycles. The first-order chi connectivity index (χ1) is 10.5. The predicted octanol–water partition coefficient (Wildman–Crippen LogP) is 2.07. The fourth-order valence-electron chi connectivity index (χ4n) is 2.04. The van der Waals surface area contributed by atoms with Crippen molar-refractivity contribution in [3.05, 3.63) is 40.4 Å². The van der Waals surface area contributed by atoms with Gasteiger partial charge in [0.2, 0.25) is 0 Å². The zero-order valence-electron chi connectivity index (χ0n) is 13.1. The van der Waals surface area contributed by atoms with Gasteiger partial charge in [-0.3, -0.25) is 9.59 Å². The van der Waals surface area contributed by atoms with Crippen molar-refractivity contribution in [2.24, 2.45) is 0 Å².